The van der Waals surface area contributed by atoms with Gasteiger partial charge in [-0.1, -0.05) is 44.6 Å². The molecule has 22 heavy (non-hydrogen) atoms. The van der Waals surface area contributed by atoms with Gasteiger partial charge in [0, 0.05) is 6.42 Å². The van der Waals surface area contributed by atoms with Crippen LogP contribution < -0.4 is 0 Å². The average Bonchev–Trinajstić information content (AvgIpc) is 2.44. The van der Waals surface area contributed by atoms with Crippen molar-refractivity contribution in [1.82, 2.24) is 0 Å². The fourth-order valence-corrected chi connectivity index (χ4v) is 4.85. The Balaban J connectivity index is 3.03. The first-order valence-corrected chi connectivity index (χ1v) is 12.6. The van der Waals surface area contributed by atoms with Crippen molar-refractivity contribution in [2.75, 3.05) is 0 Å². The van der Waals surface area contributed by atoms with Crippen molar-refractivity contribution >= 4 is 14.1 Å². The van der Waals surface area contributed by atoms with E-state index in [1.807, 2.05) is 6.92 Å². The van der Waals surface area contributed by atoms with E-state index in [-0.39, 0.29) is 0 Å². The number of Topliss-reactive ketones (excluding diaryl/α,β-unsaturated/α-hetero) is 1. The van der Waals surface area contributed by atoms with Crippen LogP contribution in [0.25, 0.3) is 0 Å². The van der Waals surface area contributed by atoms with Crippen molar-refractivity contribution in [2.24, 2.45) is 0 Å². The SMILES string of the molecule is C/C=C(\C)C1(O[Si](C)(C)C)CCCCCCCCCCC1=O. The zero-order chi connectivity index (χ0) is 16.6. The highest BCUT2D eigenvalue weighted by Gasteiger charge is 2.42. The Morgan fingerprint density at radius 2 is 1.50 bits per heavy atom. The van der Waals surface area contributed by atoms with Crippen LogP contribution in [0.4, 0.5) is 0 Å². The molecule has 1 atom stereocenters. The Morgan fingerprint density at radius 3 is 2.00 bits per heavy atom. The molecule has 0 spiro atoms. The van der Waals surface area contributed by atoms with E-state index in [1.54, 1.807) is 0 Å². The van der Waals surface area contributed by atoms with Crippen LogP contribution in [0, 0.1) is 0 Å². The average molecular weight is 325 g/mol. The van der Waals surface area contributed by atoms with Gasteiger partial charge in [-0.25, -0.2) is 0 Å². The lowest BCUT2D eigenvalue weighted by atomic mass is 9.82. The molecule has 0 aliphatic heterocycles. The van der Waals surface area contributed by atoms with Crippen LogP contribution in [-0.4, -0.2) is 19.7 Å². The van der Waals surface area contributed by atoms with Crippen LogP contribution in [0.1, 0.15) is 78.1 Å². The lowest BCUT2D eigenvalue weighted by Gasteiger charge is -2.39. The molecular weight excluding hydrogens is 288 g/mol. The number of hydrogen-bond donors (Lipinski definition) is 0. The van der Waals surface area contributed by atoms with Crippen molar-refractivity contribution in [1.29, 1.82) is 0 Å². The lowest BCUT2D eigenvalue weighted by Crippen LogP contribution is -2.49. The molecule has 0 radical (unpaired) electrons. The van der Waals surface area contributed by atoms with Gasteiger partial charge in [-0.2, -0.15) is 0 Å². The van der Waals surface area contributed by atoms with E-state index in [1.165, 1.54) is 38.5 Å². The first kappa shape index (κ1) is 19.6. The van der Waals surface area contributed by atoms with Gasteiger partial charge < -0.3 is 4.43 Å². The molecule has 0 aromatic heterocycles. The second-order valence-corrected chi connectivity index (χ2v) is 12.2. The zero-order valence-electron chi connectivity index (χ0n) is 15.5. The molecule has 128 valence electrons. The van der Waals surface area contributed by atoms with Crippen LogP contribution in [-0.2, 0) is 9.22 Å². The molecular formula is C19H36O2Si. The van der Waals surface area contributed by atoms with Gasteiger partial charge in [0.15, 0.2) is 14.1 Å². The Bertz CT molecular complexity index is 381. The van der Waals surface area contributed by atoms with Crippen molar-refractivity contribution in [3.63, 3.8) is 0 Å². The van der Waals surface area contributed by atoms with E-state index in [2.05, 4.69) is 32.6 Å². The Labute approximate surface area is 138 Å². The van der Waals surface area contributed by atoms with Crippen molar-refractivity contribution in [3.8, 4) is 0 Å². The van der Waals surface area contributed by atoms with Crippen LogP contribution in [0.5, 0.6) is 0 Å². The Hall–Kier alpha value is -0.413. The predicted octanol–water partition coefficient (Wildman–Crippen LogP) is 6.03. The third-order valence-electron chi connectivity index (χ3n) is 4.68. The molecule has 1 aliphatic carbocycles. The molecule has 0 aromatic rings. The standard InChI is InChI=1S/C19H36O2Si/c1-6-17(2)19(21-22(3,4)5)16-14-12-10-8-7-9-11-13-15-18(19)20/h6H,7-16H2,1-5H3/b17-6+. The van der Waals surface area contributed by atoms with E-state index in [0.717, 1.165) is 24.8 Å². The Kier molecular flexibility index (Phi) is 8.05. The summed E-state index contributed by atoms with van der Waals surface area (Å²) in [6.07, 6.45) is 13.4. The maximum Gasteiger partial charge on any atom is 0.185 e. The minimum atomic E-state index is -1.79. The minimum Gasteiger partial charge on any atom is -0.402 e. The molecule has 0 saturated heterocycles. The summed E-state index contributed by atoms with van der Waals surface area (Å²) in [6, 6.07) is 0. The highest BCUT2D eigenvalue weighted by atomic mass is 28.4. The van der Waals surface area contributed by atoms with Crippen LogP contribution in [0.3, 0.4) is 0 Å². The molecule has 0 heterocycles. The van der Waals surface area contributed by atoms with Gasteiger partial charge in [0.1, 0.15) is 5.60 Å². The van der Waals surface area contributed by atoms with Gasteiger partial charge in [0.25, 0.3) is 0 Å². The molecule has 1 unspecified atom stereocenters. The number of allylic oxidation sites excluding steroid dienone is 1. The summed E-state index contributed by atoms with van der Waals surface area (Å²) in [5.74, 6) is 0.325. The summed E-state index contributed by atoms with van der Waals surface area (Å²) < 4.78 is 6.56. The zero-order valence-corrected chi connectivity index (χ0v) is 16.5. The topological polar surface area (TPSA) is 26.3 Å². The molecule has 1 fully saturated rings. The Morgan fingerprint density at radius 1 is 1.00 bits per heavy atom. The molecule has 0 amide bonds. The van der Waals surface area contributed by atoms with Crippen LogP contribution in [0.15, 0.2) is 11.6 Å². The van der Waals surface area contributed by atoms with E-state index in [4.69, 9.17) is 4.43 Å². The quantitative estimate of drug-likeness (QED) is 0.468. The second kappa shape index (κ2) is 9.02. The third-order valence-corrected chi connectivity index (χ3v) is 5.64. The molecule has 2 nitrogen and oxygen atoms in total. The monoisotopic (exact) mass is 324 g/mol. The molecule has 1 rings (SSSR count). The van der Waals surface area contributed by atoms with E-state index in [9.17, 15) is 4.79 Å². The third kappa shape index (κ3) is 6.00. The van der Waals surface area contributed by atoms with Crippen LogP contribution >= 0.6 is 0 Å². The molecule has 0 bridgehead atoms. The van der Waals surface area contributed by atoms with E-state index in [0.29, 0.717) is 12.2 Å². The number of rotatable bonds is 3. The first-order chi connectivity index (χ1) is 10.3. The van der Waals surface area contributed by atoms with Crippen LogP contribution in [0.2, 0.25) is 19.6 Å². The van der Waals surface area contributed by atoms with Gasteiger partial charge in [-0.05, 0) is 58.3 Å². The highest BCUT2D eigenvalue weighted by Crippen LogP contribution is 2.35. The summed E-state index contributed by atoms with van der Waals surface area (Å²) in [5.41, 5.74) is 0.482. The van der Waals surface area contributed by atoms with Gasteiger partial charge in [0.2, 0.25) is 0 Å². The summed E-state index contributed by atoms with van der Waals surface area (Å²) in [5, 5.41) is 0. The molecule has 3 heteroatoms. The molecule has 1 aliphatic rings. The normalized spacial score (nSPS) is 27.1. The molecule has 1 saturated carbocycles. The van der Waals surface area contributed by atoms with Crippen molar-refractivity contribution < 1.29 is 9.22 Å². The van der Waals surface area contributed by atoms with Gasteiger partial charge >= 0.3 is 0 Å². The van der Waals surface area contributed by atoms with Crippen molar-refractivity contribution in [3.05, 3.63) is 11.6 Å². The molecule has 0 aromatic carbocycles. The summed E-state index contributed by atoms with van der Waals surface area (Å²) in [6.45, 7) is 10.7. The largest absolute Gasteiger partial charge is 0.402 e. The summed E-state index contributed by atoms with van der Waals surface area (Å²) in [7, 11) is -1.79. The van der Waals surface area contributed by atoms with Gasteiger partial charge in [0.05, 0.1) is 0 Å². The fourth-order valence-electron chi connectivity index (χ4n) is 3.42. The number of hydrogen-bond acceptors (Lipinski definition) is 2. The highest BCUT2D eigenvalue weighted by molar-refractivity contribution is 6.70. The predicted molar refractivity (Wildman–Crippen MR) is 97.8 cm³/mol. The maximum absolute atomic E-state index is 13.1. The first-order valence-electron chi connectivity index (χ1n) is 9.19. The number of ketones is 1. The van der Waals surface area contributed by atoms with Crippen molar-refractivity contribution in [2.45, 2.75) is 103 Å². The maximum atomic E-state index is 13.1. The van der Waals surface area contributed by atoms with Gasteiger partial charge in [-0.15, -0.1) is 0 Å². The summed E-state index contributed by atoms with van der Waals surface area (Å²) >= 11 is 0. The van der Waals surface area contributed by atoms with Gasteiger partial charge in [-0.3, -0.25) is 4.79 Å². The molecule has 0 N–H and O–H groups in total. The lowest BCUT2D eigenvalue weighted by molar-refractivity contribution is -0.133. The second-order valence-electron chi connectivity index (χ2n) is 7.76. The minimum absolute atomic E-state index is 0.325. The summed E-state index contributed by atoms with van der Waals surface area (Å²) in [4.78, 5) is 13.1. The number of carbonyl (C=O) groups excluding carboxylic acids is 1. The smallest absolute Gasteiger partial charge is 0.185 e. The van der Waals surface area contributed by atoms with E-state index < -0.39 is 13.9 Å². The fraction of sp³-hybridized carbons (Fsp3) is 0.842. The van der Waals surface area contributed by atoms with E-state index >= 15 is 0 Å². The number of carbonyl (C=O) groups is 1.